The molecule has 1 aliphatic heterocycles. The SMILES string of the molecule is O=C1c2cc(-c3cn[nH]c3)ccc2C(Cc2ccccc2)N1Cc1ccc2[nH]c(=O)oc2c1. The smallest absolute Gasteiger partial charge is 0.408 e. The summed E-state index contributed by atoms with van der Waals surface area (Å²) in [5.41, 5.74) is 6.82. The second-order valence-corrected chi connectivity index (χ2v) is 8.27. The van der Waals surface area contributed by atoms with Gasteiger partial charge in [0.25, 0.3) is 5.91 Å². The van der Waals surface area contributed by atoms with Crippen LogP contribution in [-0.2, 0) is 13.0 Å². The van der Waals surface area contributed by atoms with Crippen LogP contribution in [0.15, 0.2) is 88.3 Å². The van der Waals surface area contributed by atoms with Crippen LogP contribution in [0, 0.1) is 0 Å². The van der Waals surface area contributed by atoms with Gasteiger partial charge in [0.2, 0.25) is 0 Å². The number of oxazole rings is 1. The van der Waals surface area contributed by atoms with E-state index in [0.717, 1.165) is 22.3 Å². The van der Waals surface area contributed by atoms with Gasteiger partial charge in [-0.1, -0.05) is 48.5 Å². The number of H-pyrrole nitrogens is 2. The van der Waals surface area contributed by atoms with Gasteiger partial charge in [0.1, 0.15) is 0 Å². The Morgan fingerprint density at radius 2 is 1.82 bits per heavy atom. The summed E-state index contributed by atoms with van der Waals surface area (Å²) >= 11 is 0. The second-order valence-electron chi connectivity index (χ2n) is 8.27. The first-order chi connectivity index (χ1) is 16.2. The molecule has 1 aliphatic rings. The van der Waals surface area contributed by atoms with Crippen molar-refractivity contribution in [2.75, 3.05) is 0 Å². The standard InChI is InChI=1S/C26H20N4O3/c31-25-21-12-18(19-13-27-28-14-19)7-8-20(21)23(10-16-4-2-1-3-5-16)30(25)15-17-6-9-22-24(11-17)33-26(32)29-22/h1-9,11-14,23H,10,15H2,(H,27,28)(H,29,32). The molecule has 33 heavy (non-hydrogen) atoms. The van der Waals surface area contributed by atoms with E-state index >= 15 is 0 Å². The third-order valence-corrected chi connectivity index (χ3v) is 6.22. The highest BCUT2D eigenvalue weighted by Crippen LogP contribution is 2.39. The molecule has 7 heteroatoms. The van der Waals surface area contributed by atoms with Gasteiger partial charge in [-0.25, -0.2) is 4.79 Å². The first-order valence-electron chi connectivity index (χ1n) is 10.8. The molecule has 7 nitrogen and oxygen atoms in total. The summed E-state index contributed by atoms with van der Waals surface area (Å²) in [5, 5.41) is 6.85. The Labute approximate surface area is 188 Å². The first-order valence-corrected chi connectivity index (χ1v) is 10.8. The molecule has 162 valence electrons. The fourth-order valence-corrected chi connectivity index (χ4v) is 4.61. The Bertz CT molecular complexity index is 1520. The van der Waals surface area contributed by atoms with E-state index in [1.807, 2.05) is 59.6 Å². The van der Waals surface area contributed by atoms with Crippen molar-refractivity contribution in [2.45, 2.75) is 19.0 Å². The zero-order valence-electron chi connectivity index (χ0n) is 17.6. The summed E-state index contributed by atoms with van der Waals surface area (Å²) in [5.74, 6) is -0.493. The molecule has 1 amide bonds. The summed E-state index contributed by atoms with van der Waals surface area (Å²) in [4.78, 5) is 29.7. The quantitative estimate of drug-likeness (QED) is 0.426. The van der Waals surface area contributed by atoms with E-state index in [-0.39, 0.29) is 11.9 Å². The second kappa shape index (κ2) is 7.63. The molecular formula is C26H20N4O3. The van der Waals surface area contributed by atoms with E-state index < -0.39 is 5.76 Å². The van der Waals surface area contributed by atoms with Crippen molar-refractivity contribution < 1.29 is 9.21 Å². The van der Waals surface area contributed by atoms with Crippen molar-refractivity contribution in [2.24, 2.45) is 0 Å². The molecule has 5 aromatic rings. The lowest BCUT2D eigenvalue weighted by molar-refractivity contribution is 0.0709. The van der Waals surface area contributed by atoms with Gasteiger partial charge >= 0.3 is 5.76 Å². The predicted octanol–water partition coefficient (Wildman–Crippen LogP) is 4.45. The molecule has 0 spiro atoms. The molecule has 0 radical (unpaired) electrons. The maximum Gasteiger partial charge on any atom is 0.417 e. The topological polar surface area (TPSA) is 95.0 Å². The number of rotatable bonds is 5. The summed E-state index contributed by atoms with van der Waals surface area (Å²) < 4.78 is 5.22. The number of aromatic nitrogens is 3. The minimum atomic E-state index is -0.486. The van der Waals surface area contributed by atoms with E-state index in [1.165, 1.54) is 5.56 Å². The van der Waals surface area contributed by atoms with Gasteiger partial charge in [-0.2, -0.15) is 5.10 Å². The van der Waals surface area contributed by atoms with Crippen LogP contribution in [0.25, 0.3) is 22.2 Å². The lowest BCUT2D eigenvalue weighted by atomic mass is 9.95. The van der Waals surface area contributed by atoms with Gasteiger partial charge in [0.05, 0.1) is 17.8 Å². The minimum Gasteiger partial charge on any atom is -0.408 e. The molecule has 0 saturated heterocycles. The molecule has 3 heterocycles. The van der Waals surface area contributed by atoms with Gasteiger partial charge in [-0.3, -0.25) is 14.9 Å². The number of carbonyl (C=O) groups is 1. The van der Waals surface area contributed by atoms with Crippen LogP contribution in [0.5, 0.6) is 0 Å². The number of hydrogen-bond acceptors (Lipinski definition) is 4. The minimum absolute atomic E-state index is 0.00751. The highest BCUT2D eigenvalue weighted by Gasteiger charge is 2.37. The van der Waals surface area contributed by atoms with Gasteiger partial charge in [0.15, 0.2) is 5.58 Å². The number of benzene rings is 3. The Balaban J connectivity index is 1.40. The van der Waals surface area contributed by atoms with E-state index in [0.29, 0.717) is 29.6 Å². The van der Waals surface area contributed by atoms with Gasteiger partial charge in [-0.05, 0) is 46.9 Å². The number of aromatic amines is 2. The van der Waals surface area contributed by atoms with Crippen LogP contribution < -0.4 is 5.76 Å². The number of hydrogen-bond donors (Lipinski definition) is 2. The molecule has 0 saturated carbocycles. The summed E-state index contributed by atoms with van der Waals surface area (Å²) in [6.07, 6.45) is 4.28. The number of carbonyl (C=O) groups excluding carboxylic acids is 1. The number of nitrogens with zero attached hydrogens (tertiary/aromatic N) is 2. The molecule has 0 aliphatic carbocycles. The third kappa shape index (κ3) is 3.43. The zero-order chi connectivity index (χ0) is 22.4. The van der Waals surface area contributed by atoms with Crippen LogP contribution in [-0.4, -0.2) is 26.0 Å². The molecular weight excluding hydrogens is 416 g/mol. The number of fused-ring (bicyclic) bond motifs is 2. The summed E-state index contributed by atoms with van der Waals surface area (Å²) in [7, 11) is 0. The Morgan fingerprint density at radius 1 is 0.939 bits per heavy atom. The van der Waals surface area contributed by atoms with Crippen molar-refractivity contribution in [3.8, 4) is 11.1 Å². The molecule has 1 unspecified atom stereocenters. The highest BCUT2D eigenvalue weighted by molar-refractivity contribution is 6.00. The van der Waals surface area contributed by atoms with Crippen LogP contribution in [0.3, 0.4) is 0 Å². The lowest BCUT2D eigenvalue weighted by Crippen LogP contribution is -2.28. The van der Waals surface area contributed by atoms with Crippen LogP contribution in [0.1, 0.15) is 33.1 Å². The van der Waals surface area contributed by atoms with Gasteiger partial charge in [0, 0.05) is 23.9 Å². The highest BCUT2D eigenvalue weighted by atomic mass is 16.4. The molecule has 3 aromatic carbocycles. The zero-order valence-corrected chi connectivity index (χ0v) is 17.6. The monoisotopic (exact) mass is 436 g/mol. The van der Waals surface area contributed by atoms with E-state index in [1.54, 1.807) is 6.20 Å². The Morgan fingerprint density at radius 3 is 2.64 bits per heavy atom. The largest absolute Gasteiger partial charge is 0.417 e. The van der Waals surface area contributed by atoms with E-state index in [4.69, 9.17) is 4.42 Å². The van der Waals surface area contributed by atoms with E-state index in [2.05, 4.69) is 33.4 Å². The van der Waals surface area contributed by atoms with Crippen molar-refractivity contribution in [3.63, 3.8) is 0 Å². The van der Waals surface area contributed by atoms with Crippen molar-refractivity contribution in [1.82, 2.24) is 20.1 Å². The maximum atomic E-state index is 13.6. The fourth-order valence-electron chi connectivity index (χ4n) is 4.61. The lowest BCUT2D eigenvalue weighted by Gasteiger charge is -2.26. The molecule has 0 bridgehead atoms. The van der Waals surface area contributed by atoms with Gasteiger partial charge in [-0.15, -0.1) is 0 Å². The van der Waals surface area contributed by atoms with E-state index in [9.17, 15) is 9.59 Å². The third-order valence-electron chi connectivity index (χ3n) is 6.22. The molecule has 1 atom stereocenters. The average molecular weight is 436 g/mol. The summed E-state index contributed by atoms with van der Waals surface area (Å²) in [6, 6.07) is 21.7. The van der Waals surface area contributed by atoms with Crippen molar-refractivity contribution >= 4 is 17.0 Å². The Kier molecular flexibility index (Phi) is 4.47. The van der Waals surface area contributed by atoms with Gasteiger partial charge < -0.3 is 9.32 Å². The fraction of sp³-hybridized carbons (Fsp3) is 0.115. The summed E-state index contributed by atoms with van der Waals surface area (Å²) in [6.45, 7) is 0.414. The normalized spacial score (nSPS) is 15.3. The molecule has 2 N–H and O–H groups in total. The average Bonchev–Trinajstić information content (AvgIpc) is 3.55. The first kappa shape index (κ1) is 19.3. The van der Waals surface area contributed by atoms with Crippen molar-refractivity contribution in [1.29, 1.82) is 0 Å². The van der Waals surface area contributed by atoms with Crippen LogP contribution in [0.4, 0.5) is 0 Å². The number of amides is 1. The van der Waals surface area contributed by atoms with Crippen LogP contribution in [0.2, 0.25) is 0 Å². The number of nitrogens with one attached hydrogen (secondary N) is 2. The maximum absolute atomic E-state index is 13.6. The Hall–Kier alpha value is -4.39. The molecule has 6 rings (SSSR count). The van der Waals surface area contributed by atoms with Crippen LogP contribution >= 0.6 is 0 Å². The molecule has 0 fully saturated rings. The molecule has 2 aromatic heterocycles. The van der Waals surface area contributed by atoms with Crippen molar-refractivity contribution in [3.05, 3.63) is 112 Å². The predicted molar refractivity (Wildman–Crippen MR) is 124 cm³/mol.